The number of rotatable bonds is 7. The number of hydrogen-bond acceptors (Lipinski definition) is 5. The first-order valence-electron chi connectivity index (χ1n) is 9.08. The van der Waals surface area contributed by atoms with E-state index < -0.39 is 6.04 Å². The molecule has 1 atom stereocenters. The molecule has 0 radical (unpaired) electrons. The SMILES string of the molecule is C[C@@H](NC(=O)c1ccc(Cl)cc1Cl)c1nnc(SCC(=O)Nc2ccccc2Cl)n1C. The van der Waals surface area contributed by atoms with Gasteiger partial charge in [0.15, 0.2) is 11.0 Å². The minimum atomic E-state index is -0.442. The van der Waals surface area contributed by atoms with Crippen molar-refractivity contribution in [3.8, 4) is 0 Å². The van der Waals surface area contributed by atoms with E-state index in [4.69, 9.17) is 34.8 Å². The van der Waals surface area contributed by atoms with Gasteiger partial charge in [-0.15, -0.1) is 10.2 Å². The fraction of sp³-hybridized carbons (Fsp3) is 0.200. The monoisotopic (exact) mass is 497 g/mol. The van der Waals surface area contributed by atoms with E-state index in [1.165, 1.54) is 17.8 Å². The van der Waals surface area contributed by atoms with Crippen molar-refractivity contribution in [2.45, 2.75) is 18.1 Å². The number of nitrogens with zero attached hydrogens (tertiary/aromatic N) is 3. The third-order valence-electron chi connectivity index (χ3n) is 4.26. The molecule has 2 aromatic carbocycles. The Bertz CT molecular complexity index is 1120. The quantitative estimate of drug-likeness (QED) is 0.448. The first-order chi connectivity index (χ1) is 14.8. The van der Waals surface area contributed by atoms with Gasteiger partial charge in [0, 0.05) is 12.1 Å². The highest BCUT2D eigenvalue weighted by Crippen LogP contribution is 2.24. The summed E-state index contributed by atoms with van der Waals surface area (Å²) in [6.07, 6.45) is 0. The molecule has 0 unspecified atom stereocenters. The fourth-order valence-electron chi connectivity index (χ4n) is 2.72. The third-order valence-corrected chi connectivity index (χ3v) is 6.16. The van der Waals surface area contributed by atoms with Gasteiger partial charge in [-0.05, 0) is 37.3 Å². The molecule has 162 valence electrons. The smallest absolute Gasteiger partial charge is 0.253 e. The average Bonchev–Trinajstić information content (AvgIpc) is 3.08. The lowest BCUT2D eigenvalue weighted by atomic mass is 10.2. The topological polar surface area (TPSA) is 88.9 Å². The molecule has 3 aromatic rings. The number of nitrogens with one attached hydrogen (secondary N) is 2. The molecule has 0 fully saturated rings. The van der Waals surface area contributed by atoms with E-state index in [2.05, 4.69) is 20.8 Å². The Kier molecular flexibility index (Phi) is 7.83. The molecule has 0 bridgehead atoms. The Morgan fingerprint density at radius 3 is 2.55 bits per heavy atom. The first-order valence-corrected chi connectivity index (χ1v) is 11.2. The summed E-state index contributed by atoms with van der Waals surface area (Å²) in [5.41, 5.74) is 0.858. The molecular formula is C20H18Cl3N5O2S. The Labute approximate surface area is 198 Å². The molecule has 1 aromatic heterocycles. The first kappa shape index (κ1) is 23.4. The van der Waals surface area contributed by atoms with Crippen molar-refractivity contribution in [3.05, 3.63) is 68.9 Å². The average molecular weight is 499 g/mol. The van der Waals surface area contributed by atoms with Crippen LogP contribution in [0.4, 0.5) is 5.69 Å². The minimum absolute atomic E-state index is 0.123. The number of carbonyl (C=O) groups is 2. The summed E-state index contributed by atoms with van der Waals surface area (Å²) >= 11 is 19.3. The van der Waals surface area contributed by atoms with Crippen LogP contribution in [0.2, 0.25) is 15.1 Å². The van der Waals surface area contributed by atoms with Gasteiger partial charge >= 0.3 is 0 Å². The van der Waals surface area contributed by atoms with E-state index in [-0.39, 0.29) is 22.6 Å². The van der Waals surface area contributed by atoms with Gasteiger partial charge in [-0.25, -0.2) is 0 Å². The van der Waals surface area contributed by atoms with Gasteiger partial charge in [0.2, 0.25) is 5.91 Å². The van der Waals surface area contributed by atoms with Gasteiger partial charge < -0.3 is 15.2 Å². The summed E-state index contributed by atoms with van der Waals surface area (Å²) in [5.74, 6) is 0.0810. The molecule has 0 spiro atoms. The van der Waals surface area contributed by atoms with E-state index in [0.29, 0.717) is 32.3 Å². The Balaban J connectivity index is 1.60. The zero-order valence-corrected chi connectivity index (χ0v) is 19.6. The van der Waals surface area contributed by atoms with Crippen LogP contribution in [0.25, 0.3) is 0 Å². The number of carbonyl (C=O) groups excluding carboxylic acids is 2. The number of halogens is 3. The largest absolute Gasteiger partial charge is 0.342 e. The lowest BCUT2D eigenvalue weighted by Crippen LogP contribution is -2.28. The Morgan fingerprint density at radius 1 is 1.10 bits per heavy atom. The molecule has 0 saturated heterocycles. The molecule has 0 aliphatic rings. The number of benzene rings is 2. The summed E-state index contributed by atoms with van der Waals surface area (Å²) < 4.78 is 1.72. The standard InChI is InChI=1S/C20H18Cl3N5O2S/c1-11(24-19(30)13-8-7-12(21)9-15(13)23)18-26-27-20(28(18)2)31-10-17(29)25-16-6-4-3-5-14(16)22/h3-9,11H,10H2,1-2H3,(H,24,30)(H,25,29)/t11-/m1/s1. The van der Waals surface area contributed by atoms with Crippen LogP contribution in [0.15, 0.2) is 47.6 Å². The van der Waals surface area contributed by atoms with Crippen LogP contribution in [0.1, 0.15) is 29.1 Å². The van der Waals surface area contributed by atoms with Crippen LogP contribution in [0, 0.1) is 0 Å². The maximum Gasteiger partial charge on any atom is 0.253 e. The van der Waals surface area contributed by atoms with Crippen molar-refractivity contribution >= 4 is 64.1 Å². The molecule has 11 heteroatoms. The number of aromatic nitrogens is 3. The number of para-hydroxylation sites is 1. The number of anilines is 1. The van der Waals surface area contributed by atoms with Gasteiger partial charge in [0.25, 0.3) is 5.91 Å². The minimum Gasteiger partial charge on any atom is -0.342 e. The molecule has 1 heterocycles. The Hall–Kier alpha value is -2.26. The van der Waals surface area contributed by atoms with E-state index in [1.807, 2.05) is 0 Å². The second-order valence-corrected chi connectivity index (χ2v) is 8.73. The van der Waals surface area contributed by atoms with Crippen molar-refractivity contribution in [2.24, 2.45) is 7.05 Å². The summed E-state index contributed by atoms with van der Waals surface area (Å²) in [7, 11) is 1.77. The van der Waals surface area contributed by atoms with Gasteiger partial charge in [-0.2, -0.15) is 0 Å². The van der Waals surface area contributed by atoms with Crippen LogP contribution in [0.3, 0.4) is 0 Å². The molecule has 31 heavy (non-hydrogen) atoms. The third kappa shape index (κ3) is 5.92. The second-order valence-electron chi connectivity index (χ2n) is 6.54. The van der Waals surface area contributed by atoms with Crippen molar-refractivity contribution < 1.29 is 9.59 Å². The van der Waals surface area contributed by atoms with Gasteiger partial charge in [0.05, 0.1) is 33.1 Å². The predicted molar refractivity (Wildman–Crippen MR) is 124 cm³/mol. The molecule has 3 rings (SSSR count). The lowest BCUT2D eigenvalue weighted by Gasteiger charge is -2.14. The maximum atomic E-state index is 12.5. The zero-order valence-electron chi connectivity index (χ0n) is 16.5. The predicted octanol–water partition coefficient (Wildman–Crippen LogP) is 5.00. The zero-order chi connectivity index (χ0) is 22.5. The van der Waals surface area contributed by atoms with E-state index >= 15 is 0 Å². The highest BCUT2D eigenvalue weighted by molar-refractivity contribution is 7.99. The summed E-state index contributed by atoms with van der Waals surface area (Å²) in [4.78, 5) is 24.8. The van der Waals surface area contributed by atoms with Crippen molar-refractivity contribution in [2.75, 3.05) is 11.1 Å². The number of thioether (sulfide) groups is 1. The summed E-state index contributed by atoms with van der Waals surface area (Å²) in [5, 5.41) is 15.6. The lowest BCUT2D eigenvalue weighted by molar-refractivity contribution is -0.113. The van der Waals surface area contributed by atoms with Crippen molar-refractivity contribution in [3.63, 3.8) is 0 Å². The molecule has 0 saturated carbocycles. The van der Waals surface area contributed by atoms with Gasteiger partial charge in [-0.3, -0.25) is 9.59 Å². The van der Waals surface area contributed by atoms with Crippen LogP contribution < -0.4 is 10.6 Å². The summed E-state index contributed by atoms with van der Waals surface area (Å²) in [6, 6.07) is 11.2. The normalized spacial score (nSPS) is 11.8. The van der Waals surface area contributed by atoms with E-state index in [1.54, 1.807) is 54.9 Å². The number of hydrogen-bond donors (Lipinski definition) is 2. The molecule has 2 N–H and O–H groups in total. The van der Waals surface area contributed by atoms with Gasteiger partial charge in [0.1, 0.15) is 0 Å². The molecule has 0 aliphatic heterocycles. The van der Waals surface area contributed by atoms with Crippen LogP contribution in [0.5, 0.6) is 0 Å². The highest BCUT2D eigenvalue weighted by atomic mass is 35.5. The maximum absolute atomic E-state index is 12.5. The van der Waals surface area contributed by atoms with Crippen molar-refractivity contribution in [1.29, 1.82) is 0 Å². The number of amides is 2. The van der Waals surface area contributed by atoms with E-state index in [9.17, 15) is 9.59 Å². The Morgan fingerprint density at radius 2 is 1.84 bits per heavy atom. The second kappa shape index (κ2) is 10.4. The van der Waals surface area contributed by atoms with Gasteiger partial charge in [-0.1, -0.05) is 58.7 Å². The van der Waals surface area contributed by atoms with Crippen molar-refractivity contribution in [1.82, 2.24) is 20.1 Å². The molecule has 0 aliphatic carbocycles. The van der Waals surface area contributed by atoms with Crippen LogP contribution in [-0.4, -0.2) is 32.3 Å². The highest BCUT2D eigenvalue weighted by Gasteiger charge is 2.20. The molecule has 2 amide bonds. The summed E-state index contributed by atoms with van der Waals surface area (Å²) in [6.45, 7) is 1.78. The van der Waals surface area contributed by atoms with Crippen LogP contribution in [-0.2, 0) is 11.8 Å². The molecule has 7 nitrogen and oxygen atoms in total. The van der Waals surface area contributed by atoms with Crippen LogP contribution >= 0.6 is 46.6 Å². The molecular weight excluding hydrogens is 481 g/mol. The fourth-order valence-corrected chi connectivity index (χ4v) is 4.12. The van der Waals surface area contributed by atoms with E-state index in [0.717, 1.165) is 0 Å².